The summed E-state index contributed by atoms with van der Waals surface area (Å²) in [6.45, 7) is 7.92. The monoisotopic (exact) mass is 354 g/mol. The second kappa shape index (κ2) is 7.32. The predicted octanol–water partition coefficient (Wildman–Crippen LogP) is 2.42. The molecule has 0 N–H and O–H groups in total. The van der Waals surface area contributed by atoms with Gasteiger partial charge in [-0.15, -0.1) is 0 Å². The van der Waals surface area contributed by atoms with Gasteiger partial charge in [-0.25, -0.2) is 0 Å². The molecule has 1 atom stereocenters. The number of piperazine rings is 1. The third-order valence-corrected chi connectivity index (χ3v) is 4.76. The van der Waals surface area contributed by atoms with Crippen molar-refractivity contribution in [3.63, 3.8) is 0 Å². The van der Waals surface area contributed by atoms with Gasteiger partial charge in [0.25, 0.3) is 5.91 Å². The van der Waals surface area contributed by atoms with Gasteiger partial charge in [0.1, 0.15) is 6.04 Å². The molecule has 1 saturated heterocycles. The van der Waals surface area contributed by atoms with Crippen molar-refractivity contribution in [2.24, 2.45) is 13.0 Å². The normalized spacial score (nSPS) is 17.9. The average Bonchev–Trinajstić information content (AvgIpc) is 3.05. The number of nitrogens with zero attached hydrogens (tertiary/aromatic N) is 4. The van der Waals surface area contributed by atoms with Crippen molar-refractivity contribution in [1.29, 1.82) is 0 Å². The third kappa shape index (κ3) is 3.64. The molecule has 1 aliphatic heterocycles. The van der Waals surface area contributed by atoms with Crippen molar-refractivity contribution in [3.05, 3.63) is 42.2 Å². The number of amides is 2. The van der Waals surface area contributed by atoms with E-state index in [2.05, 4.69) is 18.9 Å². The molecule has 0 bridgehead atoms. The van der Waals surface area contributed by atoms with Gasteiger partial charge in [-0.05, 0) is 30.5 Å². The lowest BCUT2D eigenvalue weighted by atomic mass is 10.0. The van der Waals surface area contributed by atoms with Crippen LogP contribution in [0.4, 0.5) is 0 Å². The molecule has 6 heteroatoms. The number of hydrogen-bond acceptors (Lipinski definition) is 3. The molecule has 2 amide bonds. The van der Waals surface area contributed by atoms with E-state index in [0.29, 0.717) is 24.6 Å². The molecule has 0 aliphatic carbocycles. The summed E-state index contributed by atoms with van der Waals surface area (Å²) in [5, 5.41) is 4.17. The molecule has 1 aliphatic rings. The third-order valence-electron chi connectivity index (χ3n) is 4.76. The van der Waals surface area contributed by atoms with Crippen LogP contribution in [0.2, 0.25) is 0 Å². The van der Waals surface area contributed by atoms with Gasteiger partial charge in [0.05, 0.1) is 6.20 Å². The molecular formula is C20H26N4O2. The first-order valence-electron chi connectivity index (χ1n) is 9.05. The van der Waals surface area contributed by atoms with Crippen LogP contribution in [0.25, 0.3) is 11.1 Å². The van der Waals surface area contributed by atoms with Crippen LogP contribution in [0.5, 0.6) is 0 Å². The zero-order valence-electron chi connectivity index (χ0n) is 15.8. The Morgan fingerprint density at radius 3 is 2.46 bits per heavy atom. The maximum absolute atomic E-state index is 12.9. The quantitative estimate of drug-likeness (QED) is 0.847. The number of benzene rings is 1. The number of aryl methyl sites for hydroxylation is 1. The molecule has 0 unspecified atom stereocenters. The van der Waals surface area contributed by atoms with E-state index in [1.54, 1.807) is 15.8 Å². The van der Waals surface area contributed by atoms with Crippen molar-refractivity contribution in [2.75, 3.05) is 19.6 Å². The highest BCUT2D eigenvalue weighted by molar-refractivity contribution is 5.98. The molecule has 0 radical (unpaired) electrons. The highest BCUT2D eigenvalue weighted by atomic mass is 16.2. The van der Waals surface area contributed by atoms with Crippen molar-refractivity contribution in [1.82, 2.24) is 19.6 Å². The number of carbonyl (C=O) groups is 2. The van der Waals surface area contributed by atoms with Gasteiger partial charge in [0.2, 0.25) is 5.91 Å². The molecular weight excluding hydrogens is 328 g/mol. The minimum Gasteiger partial charge on any atom is -0.339 e. The van der Waals surface area contributed by atoms with Crippen LogP contribution < -0.4 is 0 Å². The number of hydrogen-bond donors (Lipinski definition) is 0. The Bertz CT molecular complexity index is 794. The molecule has 0 spiro atoms. The first kappa shape index (κ1) is 18.2. The predicted molar refractivity (Wildman–Crippen MR) is 101 cm³/mol. The first-order valence-corrected chi connectivity index (χ1v) is 9.05. The molecule has 1 aromatic carbocycles. The number of rotatable bonds is 4. The van der Waals surface area contributed by atoms with Crippen LogP contribution in [-0.4, -0.2) is 57.1 Å². The Balaban J connectivity index is 1.72. The molecule has 3 rings (SSSR count). The standard InChI is InChI=1S/C20H26N4O2/c1-14(2)12-23-9-10-24(15(3)19(23)25)20(26)17-7-5-16(6-8-17)18-11-21-22(4)13-18/h5-8,11,13-15H,9-10,12H2,1-4H3/t15-/m1/s1. The minimum absolute atomic E-state index is 0.0327. The number of carbonyl (C=O) groups excluding carboxylic acids is 2. The van der Waals surface area contributed by atoms with Gasteiger partial charge in [0, 0.05) is 44.0 Å². The lowest BCUT2D eigenvalue weighted by molar-refractivity contribution is -0.140. The summed E-state index contributed by atoms with van der Waals surface area (Å²) in [7, 11) is 1.87. The molecule has 26 heavy (non-hydrogen) atoms. The van der Waals surface area contributed by atoms with Gasteiger partial charge in [-0.1, -0.05) is 26.0 Å². The fourth-order valence-electron chi connectivity index (χ4n) is 3.37. The zero-order valence-corrected chi connectivity index (χ0v) is 15.8. The summed E-state index contributed by atoms with van der Waals surface area (Å²) in [6.07, 6.45) is 3.73. The van der Waals surface area contributed by atoms with E-state index in [9.17, 15) is 9.59 Å². The van der Waals surface area contributed by atoms with E-state index in [4.69, 9.17) is 0 Å². The molecule has 2 heterocycles. The topological polar surface area (TPSA) is 58.4 Å². The molecule has 2 aromatic rings. The first-order chi connectivity index (χ1) is 12.4. The fraction of sp³-hybridized carbons (Fsp3) is 0.450. The molecule has 1 aromatic heterocycles. The van der Waals surface area contributed by atoms with Crippen molar-refractivity contribution < 1.29 is 9.59 Å². The van der Waals surface area contributed by atoms with Crippen LogP contribution in [0.15, 0.2) is 36.7 Å². The van der Waals surface area contributed by atoms with E-state index in [1.165, 1.54) is 0 Å². The second-order valence-electron chi connectivity index (χ2n) is 7.33. The SMILES string of the molecule is CC(C)CN1CCN(C(=O)c2ccc(-c3cnn(C)c3)cc2)[C@H](C)C1=O. The molecule has 6 nitrogen and oxygen atoms in total. The Morgan fingerprint density at radius 2 is 1.88 bits per heavy atom. The van der Waals surface area contributed by atoms with Gasteiger partial charge >= 0.3 is 0 Å². The van der Waals surface area contributed by atoms with Gasteiger partial charge in [-0.3, -0.25) is 14.3 Å². The zero-order chi connectivity index (χ0) is 18.8. The molecule has 138 valence electrons. The van der Waals surface area contributed by atoms with E-state index >= 15 is 0 Å². The van der Waals surface area contributed by atoms with Crippen LogP contribution in [0, 0.1) is 5.92 Å². The second-order valence-corrected chi connectivity index (χ2v) is 7.33. The summed E-state index contributed by atoms with van der Waals surface area (Å²) in [4.78, 5) is 29.0. The van der Waals surface area contributed by atoms with Crippen LogP contribution in [-0.2, 0) is 11.8 Å². The summed E-state index contributed by atoms with van der Waals surface area (Å²) in [5.74, 6) is 0.367. The van der Waals surface area contributed by atoms with Gasteiger partial charge in [0.15, 0.2) is 0 Å². The smallest absolute Gasteiger partial charge is 0.254 e. The lowest BCUT2D eigenvalue weighted by Gasteiger charge is -2.39. The summed E-state index contributed by atoms with van der Waals surface area (Å²) < 4.78 is 1.75. The van der Waals surface area contributed by atoms with Gasteiger partial charge < -0.3 is 9.80 Å². The Morgan fingerprint density at radius 1 is 1.19 bits per heavy atom. The van der Waals surface area contributed by atoms with Crippen molar-refractivity contribution in [2.45, 2.75) is 26.8 Å². The van der Waals surface area contributed by atoms with Gasteiger partial charge in [-0.2, -0.15) is 5.10 Å². The average molecular weight is 354 g/mol. The minimum atomic E-state index is -0.423. The summed E-state index contributed by atoms with van der Waals surface area (Å²) in [5.41, 5.74) is 2.63. The lowest BCUT2D eigenvalue weighted by Crippen LogP contribution is -2.58. The van der Waals surface area contributed by atoms with Crippen LogP contribution in [0.1, 0.15) is 31.1 Å². The number of aromatic nitrogens is 2. The van der Waals surface area contributed by atoms with Crippen LogP contribution >= 0.6 is 0 Å². The van der Waals surface area contributed by atoms with E-state index in [0.717, 1.165) is 17.7 Å². The van der Waals surface area contributed by atoms with E-state index < -0.39 is 6.04 Å². The van der Waals surface area contributed by atoms with Crippen molar-refractivity contribution >= 4 is 11.8 Å². The highest BCUT2D eigenvalue weighted by Crippen LogP contribution is 2.21. The van der Waals surface area contributed by atoms with E-state index in [1.807, 2.05) is 49.3 Å². The highest BCUT2D eigenvalue weighted by Gasteiger charge is 2.34. The van der Waals surface area contributed by atoms with Crippen LogP contribution in [0.3, 0.4) is 0 Å². The fourth-order valence-corrected chi connectivity index (χ4v) is 3.37. The molecule has 1 fully saturated rings. The molecule has 0 saturated carbocycles. The summed E-state index contributed by atoms with van der Waals surface area (Å²) >= 11 is 0. The summed E-state index contributed by atoms with van der Waals surface area (Å²) in [6, 6.07) is 7.07. The largest absolute Gasteiger partial charge is 0.339 e. The maximum atomic E-state index is 12.9. The Hall–Kier alpha value is -2.63. The Kier molecular flexibility index (Phi) is 5.11. The maximum Gasteiger partial charge on any atom is 0.254 e. The van der Waals surface area contributed by atoms with Crippen molar-refractivity contribution in [3.8, 4) is 11.1 Å². The van der Waals surface area contributed by atoms with E-state index in [-0.39, 0.29) is 11.8 Å². The Labute approximate surface area is 154 Å².